The van der Waals surface area contributed by atoms with E-state index in [1.54, 1.807) is 4.90 Å². The first kappa shape index (κ1) is 18.0. The molecule has 0 spiro atoms. The highest BCUT2D eigenvalue weighted by Crippen LogP contribution is 2.19. The Morgan fingerprint density at radius 3 is 2.24 bits per heavy atom. The lowest BCUT2D eigenvalue weighted by Gasteiger charge is -2.33. The summed E-state index contributed by atoms with van der Waals surface area (Å²) < 4.78 is 0. The molecular formula is C17H31NO3. The number of carboxylic acids is 1. The fourth-order valence-corrected chi connectivity index (χ4v) is 3.04. The summed E-state index contributed by atoms with van der Waals surface area (Å²) in [6, 6.07) is -0.583. The van der Waals surface area contributed by atoms with Gasteiger partial charge in [0.2, 0.25) is 5.91 Å². The summed E-state index contributed by atoms with van der Waals surface area (Å²) in [5.41, 5.74) is 0. The van der Waals surface area contributed by atoms with Crippen molar-refractivity contribution in [2.45, 2.75) is 90.0 Å². The third-order valence-electron chi connectivity index (χ3n) is 4.35. The fourth-order valence-electron chi connectivity index (χ4n) is 3.04. The first-order chi connectivity index (χ1) is 10.2. The average Bonchev–Trinajstić information content (AvgIpc) is 2.49. The van der Waals surface area contributed by atoms with Crippen LogP contribution in [0.5, 0.6) is 0 Å². The summed E-state index contributed by atoms with van der Waals surface area (Å²) in [4.78, 5) is 24.9. The topological polar surface area (TPSA) is 57.6 Å². The predicted molar refractivity (Wildman–Crippen MR) is 84.2 cm³/mol. The Balaban J connectivity index is 2.13. The van der Waals surface area contributed by atoms with Crippen LogP contribution in [-0.4, -0.2) is 34.5 Å². The number of rotatable bonds is 10. The number of carbonyl (C=O) groups is 2. The molecule has 0 saturated carbocycles. The van der Waals surface area contributed by atoms with Crippen LogP contribution in [0.2, 0.25) is 0 Å². The summed E-state index contributed by atoms with van der Waals surface area (Å²) in [6.45, 7) is 2.84. The molecule has 1 aliphatic rings. The van der Waals surface area contributed by atoms with Crippen molar-refractivity contribution in [1.82, 2.24) is 4.90 Å². The third-order valence-corrected chi connectivity index (χ3v) is 4.35. The number of piperidine rings is 1. The maximum atomic E-state index is 12.1. The first-order valence-corrected chi connectivity index (χ1v) is 8.69. The molecule has 122 valence electrons. The molecule has 21 heavy (non-hydrogen) atoms. The molecule has 1 fully saturated rings. The molecule has 4 nitrogen and oxygen atoms in total. The van der Waals surface area contributed by atoms with Gasteiger partial charge in [-0.2, -0.15) is 0 Å². The second-order valence-corrected chi connectivity index (χ2v) is 6.16. The van der Waals surface area contributed by atoms with Crippen molar-refractivity contribution in [2.75, 3.05) is 6.54 Å². The number of nitrogens with zero attached hydrogens (tertiary/aromatic N) is 1. The molecular weight excluding hydrogens is 266 g/mol. The van der Waals surface area contributed by atoms with Gasteiger partial charge in [0.05, 0.1) is 0 Å². The fraction of sp³-hybridized carbons (Fsp3) is 0.882. The Morgan fingerprint density at radius 2 is 1.62 bits per heavy atom. The number of amides is 1. The van der Waals surface area contributed by atoms with Crippen LogP contribution in [0.15, 0.2) is 0 Å². The average molecular weight is 297 g/mol. The van der Waals surface area contributed by atoms with E-state index < -0.39 is 12.0 Å². The smallest absolute Gasteiger partial charge is 0.326 e. The molecule has 0 aromatic rings. The monoisotopic (exact) mass is 297 g/mol. The summed E-state index contributed by atoms with van der Waals surface area (Å²) in [6.07, 6.45) is 12.6. The number of unbranched alkanes of at least 4 members (excludes halogenated alkanes) is 7. The molecule has 4 heteroatoms. The Bertz CT molecular complexity index is 317. The van der Waals surface area contributed by atoms with Gasteiger partial charge in [-0.05, 0) is 25.7 Å². The van der Waals surface area contributed by atoms with Gasteiger partial charge in [-0.15, -0.1) is 0 Å². The van der Waals surface area contributed by atoms with Crippen LogP contribution in [-0.2, 0) is 9.59 Å². The zero-order chi connectivity index (χ0) is 15.5. The lowest BCUT2D eigenvalue weighted by Crippen LogP contribution is -2.47. The van der Waals surface area contributed by atoms with Crippen molar-refractivity contribution < 1.29 is 14.7 Å². The van der Waals surface area contributed by atoms with E-state index in [0.29, 0.717) is 19.4 Å². The SMILES string of the molecule is CCCCCCCCCCC(=O)N1CCCC[C@@H]1C(=O)O. The Labute approximate surface area is 128 Å². The number of likely N-dealkylation sites (tertiary alicyclic amines) is 1. The van der Waals surface area contributed by atoms with Gasteiger partial charge in [-0.3, -0.25) is 4.79 Å². The summed E-state index contributed by atoms with van der Waals surface area (Å²) in [5, 5.41) is 9.18. The molecule has 0 radical (unpaired) electrons. The van der Waals surface area contributed by atoms with Crippen LogP contribution in [0.25, 0.3) is 0 Å². The number of hydrogen-bond donors (Lipinski definition) is 1. The predicted octanol–water partition coefficient (Wildman–Crippen LogP) is 3.98. The second-order valence-electron chi connectivity index (χ2n) is 6.16. The first-order valence-electron chi connectivity index (χ1n) is 8.69. The van der Waals surface area contributed by atoms with E-state index in [4.69, 9.17) is 0 Å². The lowest BCUT2D eigenvalue weighted by atomic mass is 10.0. The van der Waals surface area contributed by atoms with E-state index >= 15 is 0 Å². The molecule has 0 unspecified atom stereocenters. The molecule has 1 heterocycles. The van der Waals surface area contributed by atoms with Crippen molar-refractivity contribution in [2.24, 2.45) is 0 Å². The standard InChI is InChI=1S/C17H31NO3/c1-2-3-4-5-6-7-8-9-13-16(19)18-14-11-10-12-15(18)17(20)21/h15H,2-14H2,1H3,(H,20,21)/t15-/m1/s1. The quantitative estimate of drug-likeness (QED) is 0.620. The normalized spacial score (nSPS) is 18.7. The van der Waals surface area contributed by atoms with Crippen molar-refractivity contribution in [1.29, 1.82) is 0 Å². The highest BCUT2D eigenvalue weighted by atomic mass is 16.4. The minimum absolute atomic E-state index is 0.0353. The highest BCUT2D eigenvalue weighted by Gasteiger charge is 2.31. The van der Waals surface area contributed by atoms with Gasteiger partial charge in [0.15, 0.2) is 0 Å². The maximum Gasteiger partial charge on any atom is 0.326 e. The van der Waals surface area contributed by atoms with Gasteiger partial charge in [0, 0.05) is 13.0 Å². The maximum absolute atomic E-state index is 12.1. The van der Waals surface area contributed by atoms with Crippen LogP contribution in [0.1, 0.15) is 84.0 Å². The number of hydrogen-bond acceptors (Lipinski definition) is 2. The molecule has 1 atom stereocenters. The molecule has 0 bridgehead atoms. The molecule has 0 aromatic heterocycles. The van der Waals surface area contributed by atoms with E-state index in [1.165, 1.54) is 38.5 Å². The minimum Gasteiger partial charge on any atom is -0.480 e. The van der Waals surface area contributed by atoms with Crippen molar-refractivity contribution in [3.8, 4) is 0 Å². The van der Waals surface area contributed by atoms with E-state index in [2.05, 4.69) is 6.92 Å². The van der Waals surface area contributed by atoms with Crippen LogP contribution in [0.3, 0.4) is 0 Å². The Hall–Kier alpha value is -1.06. The molecule has 1 N–H and O–H groups in total. The number of carboxylic acid groups (broad SMARTS) is 1. The van der Waals surface area contributed by atoms with Crippen molar-refractivity contribution in [3.05, 3.63) is 0 Å². The number of carbonyl (C=O) groups excluding carboxylic acids is 1. The number of aliphatic carboxylic acids is 1. The molecule has 1 rings (SSSR count). The van der Waals surface area contributed by atoms with Crippen LogP contribution >= 0.6 is 0 Å². The Kier molecular flexibility index (Phi) is 9.11. The zero-order valence-electron chi connectivity index (χ0n) is 13.5. The second kappa shape index (κ2) is 10.6. The van der Waals surface area contributed by atoms with Crippen molar-refractivity contribution in [3.63, 3.8) is 0 Å². The molecule has 1 amide bonds. The summed E-state index contributed by atoms with van der Waals surface area (Å²) >= 11 is 0. The van der Waals surface area contributed by atoms with E-state index in [-0.39, 0.29) is 5.91 Å². The lowest BCUT2D eigenvalue weighted by molar-refractivity contribution is -0.152. The van der Waals surface area contributed by atoms with Gasteiger partial charge in [0.25, 0.3) is 0 Å². The Morgan fingerprint density at radius 1 is 1.00 bits per heavy atom. The summed E-state index contributed by atoms with van der Waals surface area (Å²) in [5.74, 6) is -0.813. The van der Waals surface area contributed by atoms with Gasteiger partial charge in [-0.25, -0.2) is 4.79 Å². The largest absolute Gasteiger partial charge is 0.480 e. The molecule has 1 aliphatic heterocycles. The van der Waals surface area contributed by atoms with Crippen LogP contribution in [0.4, 0.5) is 0 Å². The van der Waals surface area contributed by atoms with Crippen LogP contribution in [0, 0.1) is 0 Å². The van der Waals surface area contributed by atoms with Gasteiger partial charge in [0.1, 0.15) is 6.04 Å². The van der Waals surface area contributed by atoms with E-state index in [9.17, 15) is 14.7 Å². The molecule has 1 saturated heterocycles. The van der Waals surface area contributed by atoms with Gasteiger partial charge < -0.3 is 10.0 Å². The summed E-state index contributed by atoms with van der Waals surface area (Å²) in [7, 11) is 0. The third kappa shape index (κ3) is 6.96. The minimum atomic E-state index is -0.848. The van der Waals surface area contributed by atoms with E-state index in [0.717, 1.165) is 25.7 Å². The van der Waals surface area contributed by atoms with E-state index in [1.807, 2.05) is 0 Å². The van der Waals surface area contributed by atoms with Crippen molar-refractivity contribution >= 4 is 11.9 Å². The molecule has 0 aromatic carbocycles. The zero-order valence-corrected chi connectivity index (χ0v) is 13.5. The molecule has 0 aliphatic carbocycles. The van der Waals surface area contributed by atoms with Gasteiger partial charge in [-0.1, -0.05) is 51.9 Å². The van der Waals surface area contributed by atoms with Gasteiger partial charge >= 0.3 is 5.97 Å². The highest BCUT2D eigenvalue weighted by molar-refractivity contribution is 5.83. The van der Waals surface area contributed by atoms with Crippen LogP contribution < -0.4 is 0 Å².